The molecule has 0 aliphatic rings. The van der Waals surface area contributed by atoms with Gasteiger partial charge in [0.15, 0.2) is 0 Å². The quantitative estimate of drug-likeness (QED) is 0.557. The molecule has 0 aromatic heterocycles. The molecule has 2 unspecified atom stereocenters. The van der Waals surface area contributed by atoms with Crippen molar-refractivity contribution in [3.63, 3.8) is 0 Å². The maximum absolute atomic E-state index is 11.1. The number of aliphatic hydroxyl groups excluding tert-OH is 1. The van der Waals surface area contributed by atoms with Gasteiger partial charge in [0.05, 0.1) is 12.6 Å². The van der Waals surface area contributed by atoms with Crippen LogP contribution in [0.25, 0.3) is 0 Å². The van der Waals surface area contributed by atoms with Crippen molar-refractivity contribution in [1.29, 1.82) is 0 Å². The van der Waals surface area contributed by atoms with Crippen LogP contribution in [0.3, 0.4) is 0 Å². The Labute approximate surface area is 83.9 Å². The SMILES string of the molecule is CC(=O)NCC(=O)NC(C)CC(C)O. The minimum atomic E-state index is -0.439. The van der Waals surface area contributed by atoms with Gasteiger partial charge >= 0.3 is 0 Å². The van der Waals surface area contributed by atoms with Gasteiger partial charge in [0.25, 0.3) is 0 Å². The molecular formula is C9H18N2O3. The van der Waals surface area contributed by atoms with E-state index in [1.54, 1.807) is 13.8 Å². The van der Waals surface area contributed by atoms with Crippen LogP contribution in [0.5, 0.6) is 0 Å². The highest BCUT2D eigenvalue weighted by Gasteiger charge is 2.09. The lowest BCUT2D eigenvalue weighted by Gasteiger charge is -2.15. The zero-order chi connectivity index (χ0) is 11.1. The van der Waals surface area contributed by atoms with Crippen molar-refractivity contribution in [1.82, 2.24) is 10.6 Å². The summed E-state index contributed by atoms with van der Waals surface area (Å²) in [5, 5.41) is 14.1. The molecule has 3 N–H and O–H groups in total. The highest BCUT2D eigenvalue weighted by molar-refractivity contribution is 5.83. The first-order valence-electron chi connectivity index (χ1n) is 4.63. The van der Waals surface area contributed by atoms with E-state index in [0.717, 1.165) is 0 Å². The van der Waals surface area contributed by atoms with Crippen LogP contribution in [-0.4, -0.2) is 35.6 Å². The Morgan fingerprint density at radius 2 is 1.93 bits per heavy atom. The molecule has 0 saturated carbocycles. The molecule has 0 rings (SSSR count). The minimum Gasteiger partial charge on any atom is -0.393 e. The van der Waals surface area contributed by atoms with E-state index in [0.29, 0.717) is 6.42 Å². The highest BCUT2D eigenvalue weighted by atomic mass is 16.3. The van der Waals surface area contributed by atoms with Gasteiger partial charge < -0.3 is 15.7 Å². The summed E-state index contributed by atoms with van der Waals surface area (Å²) in [5.74, 6) is -0.475. The van der Waals surface area contributed by atoms with E-state index in [1.165, 1.54) is 6.92 Å². The van der Waals surface area contributed by atoms with E-state index in [9.17, 15) is 9.59 Å². The summed E-state index contributed by atoms with van der Waals surface area (Å²) in [6, 6.07) is -0.0868. The first kappa shape index (κ1) is 12.9. The van der Waals surface area contributed by atoms with Gasteiger partial charge in [-0.3, -0.25) is 9.59 Å². The Bertz CT molecular complexity index is 204. The maximum atomic E-state index is 11.1. The summed E-state index contributed by atoms with van der Waals surface area (Å²) in [7, 11) is 0. The Balaban J connectivity index is 3.65. The topological polar surface area (TPSA) is 78.4 Å². The lowest BCUT2D eigenvalue weighted by Crippen LogP contribution is -2.41. The molecule has 0 bridgehead atoms. The predicted octanol–water partition coefficient (Wildman–Crippen LogP) is -0.602. The van der Waals surface area contributed by atoms with Crippen LogP contribution in [0, 0.1) is 0 Å². The van der Waals surface area contributed by atoms with Crippen LogP contribution in [0.1, 0.15) is 27.2 Å². The van der Waals surface area contributed by atoms with E-state index in [2.05, 4.69) is 10.6 Å². The average molecular weight is 202 g/mol. The molecule has 0 aliphatic carbocycles. The molecule has 0 heterocycles. The van der Waals surface area contributed by atoms with Crippen molar-refractivity contribution in [2.75, 3.05) is 6.54 Å². The fraction of sp³-hybridized carbons (Fsp3) is 0.778. The Hall–Kier alpha value is -1.10. The summed E-state index contributed by atoms with van der Waals surface area (Å²) >= 11 is 0. The van der Waals surface area contributed by atoms with Gasteiger partial charge in [0.2, 0.25) is 11.8 Å². The van der Waals surface area contributed by atoms with Crippen LogP contribution in [-0.2, 0) is 9.59 Å². The van der Waals surface area contributed by atoms with Crippen LogP contribution < -0.4 is 10.6 Å². The Kier molecular flexibility index (Phi) is 5.87. The van der Waals surface area contributed by atoms with Crippen LogP contribution in [0.2, 0.25) is 0 Å². The summed E-state index contributed by atoms with van der Waals surface area (Å²) in [4.78, 5) is 21.6. The monoisotopic (exact) mass is 202 g/mol. The first-order chi connectivity index (χ1) is 6.41. The van der Waals surface area contributed by atoms with Gasteiger partial charge in [0, 0.05) is 13.0 Å². The Morgan fingerprint density at radius 1 is 1.36 bits per heavy atom. The van der Waals surface area contributed by atoms with E-state index in [4.69, 9.17) is 5.11 Å². The molecular weight excluding hydrogens is 184 g/mol. The Morgan fingerprint density at radius 3 is 2.36 bits per heavy atom. The highest BCUT2D eigenvalue weighted by Crippen LogP contribution is 1.95. The second-order valence-electron chi connectivity index (χ2n) is 3.46. The predicted molar refractivity (Wildman–Crippen MR) is 52.6 cm³/mol. The van der Waals surface area contributed by atoms with Crippen LogP contribution in [0.4, 0.5) is 0 Å². The van der Waals surface area contributed by atoms with E-state index < -0.39 is 6.10 Å². The summed E-state index contributed by atoms with van der Waals surface area (Å²) in [6.07, 6.45) is 0.0669. The molecule has 0 aromatic rings. The summed E-state index contributed by atoms with van der Waals surface area (Å²) in [6.45, 7) is 4.81. The fourth-order valence-corrected chi connectivity index (χ4v) is 1.10. The molecule has 0 saturated heterocycles. The number of amides is 2. The van der Waals surface area contributed by atoms with Crippen LogP contribution >= 0.6 is 0 Å². The number of carbonyl (C=O) groups is 2. The largest absolute Gasteiger partial charge is 0.393 e. The summed E-state index contributed by atoms with van der Waals surface area (Å²) < 4.78 is 0. The average Bonchev–Trinajstić information content (AvgIpc) is 1.98. The number of aliphatic hydroxyl groups is 1. The molecule has 2 atom stereocenters. The van der Waals surface area contributed by atoms with Gasteiger partial charge in [-0.15, -0.1) is 0 Å². The number of rotatable bonds is 5. The third-order valence-electron chi connectivity index (χ3n) is 1.60. The van der Waals surface area contributed by atoms with E-state index >= 15 is 0 Å². The number of nitrogens with one attached hydrogen (secondary N) is 2. The second-order valence-corrected chi connectivity index (χ2v) is 3.46. The number of hydrogen-bond donors (Lipinski definition) is 3. The maximum Gasteiger partial charge on any atom is 0.239 e. The minimum absolute atomic E-state index is 0.0144. The molecule has 0 aromatic carbocycles. The fourth-order valence-electron chi connectivity index (χ4n) is 1.10. The van der Waals surface area contributed by atoms with Crippen molar-refractivity contribution in [2.45, 2.75) is 39.3 Å². The van der Waals surface area contributed by atoms with Gasteiger partial charge in [-0.25, -0.2) is 0 Å². The molecule has 2 amide bonds. The van der Waals surface area contributed by atoms with Gasteiger partial charge in [-0.05, 0) is 20.3 Å². The molecule has 0 fully saturated rings. The number of carbonyl (C=O) groups excluding carboxylic acids is 2. The molecule has 5 heteroatoms. The van der Waals surface area contributed by atoms with Crippen molar-refractivity contribution in [3.8, 4) is 0 Å². The van der Waals surface area contributed by atoms with E-state index in [-0.39, 0.29) is 24.4 Å². The lowest BCUT2D eigenvalue weighted by molar-refractivity contribution is -0.125. The standard InChI is InChI=1S/C9H18N2O3/c1-6(4-7(2)12)11-9(14)5-10-8(3)13/h6-7,12H,4-5H2,1-3H3,(H,10,13)(H,11,14). The third-order valence-corrected chi connectivity index (χ3v) is 1.60. The van der Waals surface area contributed by atoms with Crippen molar-refractivity contribution in [2.24, 2.45) is 0 Å². The second kappa shape index (κ2) is 6.37. The van der Waals surface area contributed by atoms with Crippen molar-refractivity contribution >= 4 is 11.8 Å². The number of hydrogen-bond acceptors (Lipinski definition) is 3. The zero-order valence-electron chi connectivity index (χ0n) is 8.83. The first-order valence-corrected chi connectivity index (χ1v) is 4.63. The zero-order valence-corrected chi connectivity index (χ0v) is 8.83. The van der Waals surface area contributed by atoms with E-state index in [1.807, 2.05) is 0 Å². The van der Waals surface area contributed by atoms with Gasteiger partial charge in [-0.2, -0.15) is 0 Å². The smallest absolute Gasteiger partial charge is 0.239 e. The van der Waals surface area contributed by atoms with Gasteiger partial charge in [0.1, 0.15) is 0 Å². The van der Waals surface area contributed by atoms with Gasteiger partial charge in [-0.1, -0.05) is 0 Å². The van der Waals surface area contributed by atoms with Crippen molar-refractivity contribution < 1.29 is 14.7 Å². The molecule has 14 heavy (non-hydrogen) atoms. The molecule has 0 radical (unpaired) electrons. The molecule has 0 spiro atoms. The molecule has 5 nitrogen and oxygen atoms in total. The molecule has 82 valence electrons. The molecule has 0 aliphatic heterocycles. The van der Waals surface area contributed by atoms with Crippen molar-refractivity contribution in [3.05, 3.63) is 0 Å². The van der Waals surface area contributed by atoms with Crippen LogP contribution in [0.15, 0.2) is 0 Å². The normalized spacial score (nSPS) is 14.3. The lowest BCUT2D eigenvalue weighted by atomic mass is 10.1. The summed E-state index contributed by atoms with van der Waals surface area (Å²) in [5.41, 5.74) is 0. The third kappa shape index (κ3) is 7.54.